The summed E-state index contributed by atoms with van der Waals surface area (Å²) in [6.07, 6.45) is 0.439. The van der Waals surface area contributed by atoms with Gasteiger partial charge in [-0.3, -0.25) is 4.79 Å². The van der Waals surface area contributed by atoms with Crippen molar-refractivity contribution in [2.75, 3.05) is 19.0 Å². The van der Waals surface area contributed by atoms with E-state index in [1.54, 1.807) is 32.2 Å². The van der Waals surface area contributed by atoms with Gasteiger partial charge in [0.05, 0.1) is 11.7 Å². The maximum Gasteiger partial charge on any atom is 0.241 e. The molecular weight excluding hydrogens is 220 g/mol. The number of para-hydroxylation sites is 1. The average molecular weight is 238 g/mol. The number of hydrogen-bond acceptors (Lipinski definition) is 4. The lowest BCUT2D eigenvalue weighted by atomic mass is 10.1. The molecule has 17 heavy (non-hydrogen) atoms. The van der Waals surface area contributed by atoms with Crippen LogP contribution in [0.25, 0.3) is 0 Å². The number of nitrogens with one attached hydrogen (secondary N) is 1. The lowest BCUT2D eigenvalue weighted by Crippen LogP contribution is -2.36. The normalized spacial score (nSPS) is 12.2. The zero-order valence-electron chi connectivity index (χ0n) is 10.1. The minimum Gasteiger partial charge on any atom is -0.505 e. The number of amides is 1. The van der Waals surface area contributed by atoms with Crippen molar-refractivity contribution in [3.63, 3.8) is 0 Å². The molecule has 1 aromatic rings. The van der Waals surface area contributed by atoms with E-state index in [0.717, 1.165) is 0 Å². The molecule has 0 heterocycles. The van der Waals surface area contributed by atoms with Gasteiger partial charge in [-0.25, -0.2) is 0 Å². The van der Waals surface area contributed by atoms with Crippen LogP contribution in [0.3, 0.4) is 0 Å². The van der Waals surface area contributed by atoms with Gasteiger partial charge in [-0.05, 0) is 25.0 Å². The number of hydrogen-bond donors (Lipinski definition) is 3. The molecule has 0 fully saturated rings. The Labute approximate surface area is 101 Å². The van der Waals surface area contributed by atoms with Gasteiger partial charge in [0, 0.05) is 13.7 Å². The van der Waals surface area contributed by atoms with Crippen molar-refractivity contribution in [2.45, 2.75) is 19.4 Å². The second-order valence-electron chi connectivity index (χ2n) is 3.85. The van der Waals surface area contributed by atoms with Crippen molar-refractivity contribution in [3.05, 3.63) is 23.8 Å². The Morgan fingerprint density at radius 3 is 2.94 bits per heavy atom. The highest BCUT2D eigenvalue weighted by atomic mass is 16.5. The van der Waals surface area contributed by atoms with Crippen LogP contribution in [0, 0.1) is 6.92 Å². The van der Waals surface area contributed by atoms with Gasteiger partial charge >= 0.3 is 0 Å². The van der Waals surface area contributed by atoms with Crippen LogP contribution >= 0.6 is 0 Å². The topological polar surface area (TPSA) is 84.6 Å². The van der Waals surface area contributed by atoms with Crippen LogP contribution in [0.15, 0.2) is 18.2 Å². The molecule has 0 aliphatic rings. The van der Waals surface area contributed by atoms with Gasteiger partial charge in [0.2, 0.25) is 5.91 Å². The first kappa shape index (κ1) is 13.5. The van der Waals surface area contributed by atoms with E-state index < -0.39 is 6.04 Å². The maximum atomic E-state index is 11.7. The molecule has 0 saturated heterocycles. The number of ether oxygens (including phenoxy) is 1. The Morgan fingerprint density at radius 2 is 2.29 bits per heavy atom. The van der Waals surface area contributed by atoms with Crippen molar-refractivity contribution >= 4 is 11.6 Å². The summed E-state index contributed by atoms with van der Waals surface area (Å²) >= 11 is 0. The number of phenolic OH excluding ortho intramolecular Hbond substituents is 1. The fourth-order valence-electron chi connectivity index (χ4n) is 1.36. The van der Waals surface area contributed by atoms with Crippen LogP contribution in [0.5, 0.6) is 5.75 Å². The minimum absolute atomic E-state index is 0.0693. The molecule has 4 N–H and O–H groups in total. The van der Waals surface area contributed by atoms with Crippen molar-refractivity contribution in [3.8, 4) is 5.75 Å². The molecule has 0 aliphatic carbocycles. The smallest absolute Gasteiger partial charge is 0.241 e. The van der Waals surface area contributed by atoms with Gasteiger partial charge in [-0.2, -0.15) is 0 Å². The van der Waals surface area contributed by atoms with Crippen LogP contribution in [-0.4, -0.2) is 30.8 Å². The number of benzene rings is 1. The van der Waals surface area contributed by atoms with Gasteiger partial charge < -0.3 is 20.9 Å². The first-order valence-corrected chi connectivity index (χ1v) is 5.40. The highest BCUT2D eigenvalue weighted by molar-refractivity contribution is 5.96. The van der Waals surface area contributed by atoms with Crippen molar-refractivity contribution in [1.82, 2.24) is 0 Å². The lowest BCUT2D eigenvalue weighted by Gasteiger charge is -2.13. The molecule has 5 nitrogen and oxygen atoms in total. The largest absolute Gasteiger partial charge is 0.505 e. The van der Waals surface area contributed by atoms with Gasteiger partial charge in [0.15, 0.2) is 0 Å². The molecule has 1 aromatic carbocycles. The fourth-order valence-corrected chi connectivity index (χ4v) is 1.36. The number of aryl methyl sites for hydroxylation is 1. The third-order valence-corrected chi connectivity index (χ3v) is 2.47. The molecule has 0 saturated carbocycles. The van der Waals surface area contributed by atoms with Crippen LogP contribution in [0.1, 0.15) is 12.0 Å². The van der Waals surface area contributed by atoms with Crippen molar-refractivity contribution in [2.24, 2.45) is 5.73 Å². The molecule has 94 valence electrons. The van der Waals surface area contributed by atoms with Crippen LogP contribution in [0.4, 0.5) is 5.69 Å². The van der Waals surface area contributed by atoms with E-state index in [9.17, 15) is 9.90 Å². The Hall–Kier alpha value is -1.59. The van der Waals surface area contributed by atoms with E-state index in [1.807, 2.05) is 0 Å². The highest BCUT2D eigenvalue weighted by Gasteiger charge is 2.15. The molecule has 0 spiro atoms. The fraction of sp³-hybridized carbons (Fsp3) is 0.417. The number of carbonyl (C=O) groups is 1. The van der Waals surface area contributed by atoms with E-state index in [0.29, 0.717) is 24.3 Å². The number of anilines is 1. The average Bonchev–Trinajstić information content (AvgIpc) is 2.31. The Morgan fingerprint density at radius 1 is 1.59 bits per heavy atom. The summed E-state index contributed by atoms with van der Waals surface area (Å²) in [7, 11) is 1.55. The molecule has 1 atom stereocenters. The summed E-state index contributed by atoms with van der Waals surface area (Å²) < 4.78 is 4.85. The van der Waals surface area contributed by atoms with Gasteiger partial charge in [-0.1, -0.05) is 12.1 Å². The van der Waals surface area contributed by atoms with Crippen LogP contribution in [-0.2, 0) is 9.53 Å². The monoisotopic (exact) mass is 238 g/mol. The summed E-state index contributed by atoms with van der Waals surface area (Å²) in [5, 5.41) is 12.3. The molecule has 5 heteroatoms. The third kappa shape index (κ3) is 3.72. The van der Waals surface area contributed by atoms with E-state index in [1.165, 1.54) is 0 Å². The quantitative estimate of drug-likeness (QED) is 0.668. The van der Waals surface area contributed by atoms with Crippen molar-refractivity contribution < 1.29 is 14.6 Å². The Kier molecular flexibility index (Phi) is 4.93. The van der Waals surface area contributed by atoms with E-state index in [2.05, 4.69) is 5.32 Å². The van der Waals surface area contributed by atoms with E-state index in [-0.39, 0.29) is 11.7 Å². The second kappa shape index (κ2) is 6.22. The van der Waals surface area contributed by atoms with Crippen molar-refractivity contribution in [1.29, 1.82) is 0 Å². The number of nitrogens with two attached hydrogens (primary N) is 1. The number of rotatable bonds is 5. The van der Waals surface area contributed by atoms with E-state index >= 15 is 0 Å². The summed E-state index contributed by atoms with van der Waals surface area (Å²) in [4.78, 5) is 11.7. The molecule has 1 unspecified atom stereocenters. The Balaban J connectivity index is 2.64. The summed E-state index contributed by atoms with van der Waals surface area (Å²) in [6.45, 7) is 2.18. The number of carbonyl (C=O) groups excluding carboxylic acids is 1. The zero-order valence-corrected chi connectivity index (χ0v) is 10.1. The lowest BCUT2D eigenvalue weighted by molar-refractivity contribution is -0.117. The summed E-state index contributed by atoms with van der Waals surface area (Å²) in [5.74, 6) is -0.261. The van der Waals surface area contributed by atoms with Gasteiger partial charge in [0.25, 0.3) is 0 Å². The predicted molar refractivity (Wildman–Crippen MR) is 65.9 cm³/mol. The summed E-state index contributed by atoms with van der Waals surface area (Å²) in [5.41, 5.74) is 6.75. The second-order valence-corrected chi connectivity index (χ2v) is 3.85. The summed E-state index contributed by atoms with van der Waals surface area (Å²) in [6, 6.07) is 4.50. The Bertz CT molecular complexity index is 393. The third-order valence-electron chi connectivity index (χ3n) is 2.47. The first-order chi connectivity index (χ1) is 8.06. The number of phenols is 1. The first-order valence-electron chi connectivity index (χ1n) is 5.40. The maximum absolute atomic E-state index is 11.7. The highest BCUT2D eigenvalue weighted by Crippen LogP contribution is 2.26. The standard InChI is InChI=1S/C12H18N2O3/c1-8-4-3-5-10(11(8)15)14-12(16)9(13)6-7-17-2/h3-5,9,15H,6-7,13H2,1-2H3,(H,14,16). The SMILES string of the molecule is COCCC(N)C(=O)Nc1cccc(C)c1O. The van der Waals surface area contributed by atoms with Gasteiger partial charge in [0.1, 0.15) is 5.75 Å². The number of aromatic hydroxyl groups is 1. The van der Waals surface area contributed by atoms with Crippen LogP contribution < -0.4 is 11.1 Å². The molecule has 0 bridgehead atoms. The molecule has 0 aromatic heterocycles. The number of methoxy groups -OCH3 is 1. The zero-order chi connectivity index (χ0) is 12.8. The predicted octanol–water partition coefficient (Wildman–Crippen LogP) is 1.00. The van der Waals surface area contributed by atoms with Crippen LogP contribution in [0.2, 0.25) is 0 Å². The molecular formula is C12H18N2O3. The molecule has 1 amide bonds. The van der Waals surface area contributed by atoms with E-state index in [4.69, 9.17) is 10.5 Å². The molecule has 0 radical (unpaired) electrons. The van der Waals surface area contributed by atoms with Gasteiger partial charge in [-0.15, -0.1) is 0 Å². The molecule has 1 rings (SSSR count). The molecule has 0 aliphatic heterocycles. The minimum atomic E-state index is -0.644.